The van der Waals surface area contributed by atoms with Crippen molar-refractivity contribution in [1.82, 2.24) is 9.97 Å². The van der Waals surface area contributed by atoms with Crippen LogP contribution in [0.2, 0.25) is 0 Å². The number of aryl methyl sites for hydroxylation is 2. The highest BCUT2D eigenvalue weighted by Gasteiger charge is 2.13. The summed E-state index contributed by atoms with van der Waals surface area (Å²) in [5.74, 6) is 0.740. The van der Waals surface area contributed by atoms with E-state index in [0.29, 0.717) is 28.8 Å². The minimum Gasteiger partial charge on any atom is -0.497 e. The number of anilines is 1. The van der Waals surface area contributed by atoms with Crippen LogP contribution >= 0.6 is 11.8 Å². The lowest BCUT2D eigenvalue weighted by molar-refractivity contribution is -0.116. The number of hydrogen-bond acceptors (Lipinski definition) is 7. The number of carbonyl (C=O) groups is 2. The molecule has 0 saturated heterocycles. The van der Waals surface area contributed by atoms with Gasteiger partial charge in [-0.15, -0.1) is 0 Å². The third kappa shape index (κ3) is 5.85. The number of carbonyl (C=O) groups excluding carboxylic acids is 2. The molecule has 0 aliphatic carbocycles. The summed E-state index contributed by atoms with van der Waals surface area (Å²) in [6, 6.07) is 5.20. The standard InChI is InChI=1S/C19H24N4O4S/c1-11-14(12(2)22-19(21-11)28-10-17(20)24)6-8-18(25)23-15-7-5-13(26-3)9-16(15)27-4/h5,7,9H,6,8,10H2,1-4H3,(H2,20,24)(H,23,25). The highest BCUT2D eigenvalue weighted by Crippen LogP contribution is 2.29. The molecule has 0 aliphatic rings. The van der Waals surface area contributed by atoms with Gasteiger partial charge in [0.1, 0.15) is 11.5 Å². The van der Waals surface area contributed by atoms with Crippen LogP contribution in [0.3, 0.4) is 0 Å². The SMILES string of the molecule is COc1ccc(NC(=O)CCc2c(C)nc(SCC(N)=O)nc2C)c(OC)c1. The van der Waals surface area contributed by atoms with Crippen molar-refractivity contribution in [2.45, 2.75) is 31.8 Å². The van der Waals surface area contributed by atoms with Gasteiger partial charge in [-0.05, 0) is 38.0 Å². The first-order valence-electron chi connectivity index (χ1n) is 8.61. The first-order chi connectivity index (χ1) is 13.3. The molecule has 0 bridgehead atoms. The van der Waals surface area contributed by atoms with Crippen molar-refractivity contribution in [3.8, 4) is 11.5 Å². The van der Waals surface area contributed by atoms with Gasteiger partial charge in [-0.25, -0.2) is 9.97 Å². The van der Waals surface area contributed by atoms with E-state index in [-0.39, 0.29) is 18.1 Å². The molecule has 1 aromatic heterocycles. The van der Waals surface area contributed by atoms with E-state index in [2.05, 4.69) is 15.3 Å². The molecule has 2 rings (SSSR count). The van der Waals surface area contributed by atoms with Gasteiger partial charge in [0.05, 0.1) is 25.7 Å². The molecule has 0 spiro atoms. The van der Waals surface area contributed by atoms with Crippen LogP contribution in [0.15, 0.2) is 23.4 Å². The monoisotopic (exact) mass is 404 g/mol. The molecule has 0 saturated carbocycles. The maximum atomic E-state index is 12.4. The summed E-state index contributed by atoms with van der Waals surface area (Å²) in [5.41, 5.74) is 8.22. The first kappa shape index (κ1) is 21.5. The Hall–Kier alpha value is -2.81. The van der Waals surface area contributed by atoms with Crippen molar-refractivity contribution in [2.75, 3.05) is 25.3 Å². The molecule has 0 radical (unpaired) electrons. The van der Waals surface area contributed by atoms with Gasteiger partial charge in [0.25, 0.3) is 0 Å². The molecule has 0 atom stereocenters. The fourth-order valence-corrected chi connectivity index (χ4v) is 3.30. The van der Waals surface area contributed by atoms with Gasteiger partial charge in [-0.2, -0.15) is 0 Å². The Morgan fingerprint density at radius 2 is 1.82 bits per heavy atom. The molecule has 0 fully saturated rings. The highest BCUT2D eigenvalue weighted by atomic mass is 32.2. The van der Waals surface area contributed by atoms with E-state index >= 15 is 0 Å². The Kier molecular flexibility index (Phi) is 7.62. The first-order valence-corrected chi connectivity index (χ1v) is 9.59. The molecule has 2 aromatic rings. The second-order valence-electron chi connectivity index (χ2n) is 6.02. The number of methoxy groups -OCH3 is 2. The van der Waals surface area contributed by atoms with Crippen LogP contribution in [0.25, 0.3) is 0 Å². The molecular formula is C19H24N4O4S. The number of amides is 2. The van der Waals surface area contributed by atoms with Crippen LogP contribution < -0.4 is 20.5 Å². The Morgan fingerprint density at radius 3 is 2.39 bits per heavy atom. The fourth-order valence-electron chi connectivity index (χ4n) is 2.62. The molecule has 3 N–H and O–H groups in total. The maximum Gasteiger partial charge on any atom is 0.227 e. The summed E-state index contributed by atoms with van der Waals surface area (Å²) in [6.45, 7) is 3.73. The number of rotatable bonds is 9. The summed E-state index contributed by atoms with van der Waals surface area (Å²) < 4.78 is 10.4. The Bertz CT molecular complexity index is 850. The largest absolute Gasteiger partial charge is 0.497 e. The molecule has 0 aliphatic heterocycles. The van der Waals surface area contributed by atoms with E-state index in [4.69, 9.17) is 15.2 Å². The number of primary amides is 1. The Morgan fingerprint density at radius 1 is 1.14 bits per heavy atom. The number of thioether (sulfide) groups is 1. The number of ether oxygens (including phenoxy) is 2. The Labute approximate surface area is 168 Å². The molecule has 1 heterocycles. The molecule has 150 valence electrons. The van der Waals surface area contributed by atoms with Crippen LogP contribution in [0.4, 0.5) is 5.69 Å². The van der Waals surface area contributed by atoms with Crippen molar-refractivity contribution in [2.24, 2.45) is 5.73 Å². The predicted octanol–water partition coefficient (Wildman–Crippen LogP) is 2.26. The summed E-state index contributed by atoms with van der Waals surface area (Å²) in [6.07, 6.45) is 0.775. The molecular weight excluding hydrogens is 380 g/mol. The van der Waals surface area contributed by atoms with Crippen LogP contribution in [0.1, 0.15) is 23.4 Å². The van der Waals surface area contributed by atoms with Gasteiger partial charge in [-0.1, -0.05) is 11.8 Å². The van der Waals surface area contributed by atoms with Crippen molar-refractivity contribution in [3.63, 3.8) is 0 Å². The fraction of sp³-hybridized carbons (Fsp3) is 0.368. The van der Waals surface area contributed by atoms with E-state index in [1.807, 2.05) is 13.8 Å². The summed E-state index contributed by atoms with van der Waals surface area (Å²) >= 11 is 1.20. The normalized spacial score (nSPS) is 10.4. The summed E-state index contributed by atoms with van der Waals surface area (Å²) in [4.78, 5) is 32.1. The lowest BCUT2D eigenvalue weighted by atomic mass is 10.1. The Balaban J connectivity index is 2.02. The highest BCUT2D eigenvalue weighted by molar-refractivity contribution is 7.99. The zero-order valence-corrected chi connectivity index (χ0v) is 17.2. The van der Waals surface area contributed by atoms with E-state index in [1.165, 1.54) is 18.9 Å². The average Bonchev–Trinajstić information content (AvgIpc) is 2.66. The maximum absolute atomic E-state index is 12.4. The molecule has 1 aromatic carbocycles. The van der Waals surface area contributed by atoms with Gasteiger partial charge >= 0.3 is 0 Å². The summed E-state index contributed by atoms with van der Waals surface area (Å²) in [7, 11) is 3.10. The number of nitrogens with two attached hydrogens (primary N) is 1. The van der Waals surface area contributed by atoms with Gasteiger partial charge in [0, 0.05) is 23.9 Å². The molecule has 8 nitrogen and oxygen atoms in total. The number of benzene rings is 1. The number of hydrogen-bond donors (Lipinski definition) is 2. The minimum atomic E-state index is -0.418. The molecule has 28 heavy (non-hydrogen) atoms. The van der Waals surface area contributed by atoms with Crippen LogP contribution in [-0.2, 0) is 16.0 Å². The number of aromatic nitrogens is 2. The molecule has 2 amide bonds. The lowest BCUT2D eigenvalue weighted by Gasteiger charge is -2.13. The van der Waals surface area contributed by atoms with Crippen LogP contribution in [0.5, 0.6) is 11.5 Å². The van der Waals surface area contributed by atoms with E-state index in [0.717, 1.165) is 17.0 Å². The van der Waals surface area contributed by atoms with E-state index in [1.54, 1.807) is 25.3 Å². The van der Waals surface area contributed by atoms with Crippen molar-refractivity contribution in [1.29, 1.82) is 0 Å². The smallest absolute Gasteiger partial charge is 0.227 e. The van der Waals surface area contributed by atoms with Gasteiger partial charge in [0.2, 0.25) is 11.8 Å². The number of nitrogens with zero attached hydrogens (tertiary/aromatic N) is 2. The van der Waals surface area contributed by atoms with Gasteiger partial charge in [-0.3, -0.25) is 9.59 Å². The predicted molar refractivity (Wildman–Crippen MR) is 108 cm³/mol. The van der Waals surface area contributed by atoms with Crippen molar-refractivity contribution < 1.29 is 19.1 Å². The molecule has 0 unspecified atom stereocenters. The quantitative estimate of drug-likeness (QED) is 0.486. The van der Waals surface area contributed by atoms with Crippen molar-refractivity contribution >= 4 is 29.3 Å². The average molecular weight is 404 g/mol. The van der Waals surface area contributed by atoms with Crippen LogP contribution in [0, 0.1) is 13.8 Å². The second kappa shape index (κ2) is 9.93. The second-order valence-corrected chi connectivity index (χ2v) is 6.97. The zero-order chi connectivity index (χ0) is 20.7. The molecule has 9 heteroatoms. The van der Waals surface area contributed by atoms with Gasteiger partial charge < -0.3 is 20.5 Å². The van der Waals surface area contributed by atoms with Crippen molar-refractivity contribution in [3.05, 3.63) is 35.2 Å². The number of nitrogens with one attached hydrogen (secondary N) is 1. The summed E-state index contributed by atoms with van der Waals surface area (Å²) in [5, 5.41) is 3.35. The topological polar surface area (TPSA) is 116 Å². The lowest BCUT2D eigenvalue weighted by Crippen LogP contribution is -2.15. The third-order valence-electron chi connectivity index (χ3n) is 4.03. The van der Waals surface area contributed by atoms with E-state index < -0.39 is 5.91 Å². The van der Waals surface area contributed by atoms with E-state index in [9.17, 15) is 9.59 Å². The zero-order valence-electron chi connectivity index (χ0n) is 16.4. The minimum absolute atomic E-state index is 0.129. The third-order valence-corrected chi connectivity index (χ3v) is 4.90. The van der Waals surface area contributed by atoms with Gasteiger partial charge in [0.15, 0.2) is 5.16 Å². The van der Waals surface area contributed by atoms with Crippen LogP contribution in [-0.4, -0.2) is 41.8 Å².